The Morgan fingerprint density at radius 2 is 2.04 bits per heavy atom. The van der Waals surface area contributed by atoms with Crippen LogP contribution >= 0.6 is 23.4 Å². The number of carbonyl (C=O) groups excluding carboxylic acids is 1. The Hall–Kier alpha value is -1.56. The summed E-state index contributed by atoms with van der Waals surface area (Å²) in [7, 11) is 0. The molecule has 3 nitrogen and oxygen atoms in total. The molecule has 3 rings (SSSR count). The number of carbonyl (C=O) groups is 1. The minimum atomic E-state index is -0.252. The molecule has 0 bridgehead atoms. The maximum Gasteiger partial charge on any atom is 0.278 e. The van der Waals surface area contributed by atoms with Crippen LogP contribution in [0, 0.1) is 5.82 Å². The molecule has 2 atom stereocenters. The lowest BCUT2D eigenvalue weighted by Crippen LogP contribution is -2.87. The average molecular weight is 380 g/mol. The fraction of sp³-hybridized carbons (Fsp3) is 0.316. The Morgan fingerprint density at radius 3 is 2.76 bits per heavy atom. The molecule has 1 aliphatic heterocycles. The van der Waals surface area contributed by atoms with Crippen LogP contribution < -0.4 is 5.32 Å². The van der Waals surface area contributed by atoms with Crippen LogP contribution in [-0.2, 0) is 4.79 Å². The summed E-state index contributed by atoms with van der Waals surface area (Å²) in [5, 5.41) is 2.48. The van der Waals surface area contributed by atoms with Crippen molar-refractivity contribution < 1.29 is 14.5 Å². The molecule has 1 saturated heterocycles. The number of benzene rings is 2. The zero-order valence-electron chi connectivity index (χ0n) is 14.0. The third-order valence-electron chi connectivity index (χ3n) is 4.42. The van der Waals surface area contributed by atoms with Crippen molar-refractivity contribution in [3.63, 3.8) is 0 Å². The van der Waals surface area contributed by atoms with E-state index < -0.39 is 0 Å². The van der Waals surface area contributed by atoms with Gasteiger partial charge in [0.15, 0.2) is 6.54 Å². The summed E-state index contributed by atoms with van der Waals surface area (Å²) in [6.07, 6.45) is 0. The molecule has 1 aliphatic rings. The van der Waals surface area contributed by atoms with E-state index in [0.717, 1.165) is 11.3 Å². The first-order valence-electron chi connectivity index (χ1n) is 8.30. The second-order valence-electron chi connectivity index (χ2n) is 6.11. The number of amides is 1. The number of rotatable bonds is 5. The Morgan fingerprint density at radius 1 is 1.32 bits per heavy atom. The van der Waals surface area contributed by atoms with E-state index in [2.05, 4.69) is 6.92 Å². The number of hydrogen-bond donors (Lipinski definition) is 1. The van der Waals surface area contributed by atoms with Crippen molar-refractivity contribution in [1.82, 2.24) is 4.90 Å². The third-order valence-corrected chi connectivity index (χ3v) is 5.92. The zero-order valence-corrected chi connectivity index (χ0v) is 15.6. The van der Waals surface area contributed by atoms with Crippen molar-refractivity contribution in [2.75, 3.05) is 18.8 Å². The summed E-state index contributed by atoms with van der Waals surface area (Å²) in [4.78, 5) is 14.5. The van der Waals surface area contributed by atoms with Gasteiger partial charge in [0, 0.05) is 28.4 Å². The van der Waals surface area contributed by atoms with Gasteiger partial charge in [-0.3, -0.25) is 4.79 Å². The fourth-order valence-corrected chi connectivity index (χ4v) is 4.38. The summed E-state index contributed by atoms with van der Waals surface area (Å²) >= 11 is 7.53. The van der Waals surface area contributed by atoms with Crippen molar-refractivity contribution in [3.05, 3.63) is 70.5 Å². The summed E-state index contributed by atoms with van der Waals surface area (Å²) < 4.78 is 14.1. The van der Waals surface area contributed by atoms with Crippen LogP contribution in [0.3, 0.4) is 0 Å². The highest BCUT2D eigenvalue weighted by Gasteiger charge is 2.33. The lowest BCUT2D eigenvalue weighted by atomic mass is 10.1. The number of nitrogens with zero attached hydrogens (tertiary/aromatic N) is 1. The fourth-order valence-electron chi connectivity index (χ4n) is 2.96. The largest absolute Gasteiger partial charge is 0.333 e. The first-order chi connectivity index (χ1) is 12.1. The Bertz CT molecular complexity index is 740. The minimum absolute atomic E-state index is 0.0408. The molecular formula is C19H21ClFN2OS+. The van der Waals surface area contributed by atoms with Crippen LogP contribution in [-0.4, -0.2) is 29.6 Å². The van der Waals surface area contributed by atoms with Gasteiger partial charge in [0.2, 0.25) is 0 Å². The van der Waals surface area contributed by atoms with Crippen LogP contribution in [0.25, 0.3) is 0 Å². The van der Waals surface area contributed by atoms with Gasteiger partial charge in [-0.1, -0.05) is 41.9 Å². The van der Waals surface area contributed by atoms with Gasteiger partial charge in [0.25, 0.3) is 5.91 Å². The molecular weight excluding hydrogens is 359 g/mol. The van der Waals surface area contributed by atoms with Crippen molar-refractivity contribution in [2.24, 2.45) is 0 Å². The lowest BCUT2D eigenvalue weighted by Gasteiger charge is -2.24. The third kappa shape index (κ3) is 4.35. The van der Waals surface area contributed by atoms with Crippen LogP contribution in [0.5, 0.6) is 0 Å². The van der Waals surface area contributed by atoms with Crippen molar-refractivity contribution in [2.45, 2.75) is 18.3 Å². The van der Waals surface area contributed by atoms with Crippen LogP contribution in [0.1, 0.15) is 29.5 Å². The highest BCUT2D eigenvalue weighted by molar-refractivity contribution is 7.99. The van der Waals surface area contributed by atoms with E-state index in [9.17, 15) is 9.18 Å². The number of halogens is 2. The number of nitrogens with two attached hydrogens (primary N) is 1. The second-order valence-corrected chi connectivity index (χ2v) is 7.74. The summed E-state index contributed by atoms with van der Waals surface area (Å²) in [5.74, 6) is 0.620. The van der Waals surface area contributed by atoms with Gasteiger partial charge >= 0.3 is 0 Å². The van der Waals surface area contributed by atoms with E-state index in [1.807, 2.05) is 35.6 Å². The maximum atomic E-state index is 14.1. The van der Waals surface area contributed by atoms with E-state index in [4.69, 9.17) is 11.6 Å². The van der Waals surface area contributed by atoms with Crippen LogP contribution in [0.15, 0.2) is 48.5 Å². The van der Waals surface area contributed by atoms with Gasteiger partial charge < -0.3 is 10.2 Å². The Kier molecular flexibility index (Phi) is 5.99. The Labute approximate surface area is 156 Å². The average Bonchev–Trinajstić information content (AvgIpc) is 3.10. The van der Waals surface area contributed by atoms with E-state index in [1.165, 1.54) is 6.07 Å². The molecule has 2 aromatic carbocycles. The molecule has 1 fully saturated rings. The molecule has 1 heterocycles. The SMILES string of the molecule is C[C@@H]([NH2+]CC(=O)N1CCS[C@H]1c1ccccc1F)c1ccc(Cl)cc1. The van der Waals surface area contributed by atoms with Crippen molar-refractivity contribution in [1.29, 1.82) is 0 Å². The quantitative estimate of drug-likeness (QED) is 0.864. The Balaban J connectivity index is 1.62. The van der Waals surface area contributed by atoms with Gasteiger partial charge in [-0.15, -0.1) is 11.8 Å². The predicted molar refractivity (Wildman–Crippen MR) is 100.0 cm³/mol. The van der Waals surface area contributed by atoms with E-state index in [0.29, 0.717) is 23.7 Å². The van der Waals surface area contributed by atoms with Gasteiger partial charge in [-0.2, -0.15) is 0 Å². The summed E-state index contributed by atoms with van der Waals surface area (Å²) in [6.45, 7) is 3.06. The van der Waals surface area contributed by atoms with Gasteiger partial charge in [-0.05, 0) is 25.1 Å². The van der Waals surface area contributed by atoms with Crippen LogP contribution in [0.4, 0.5) is 4.39 Å². The van der Waals surface area contributed by atoms with E-state index in [1.54, 1.807) is 28.8 Å². The zero-order chi connectivity index (χ0) is 17.8. The van der Waals surface area contributed by atoms with Gasteiger partial charge in [-0.25, -0.2) is 4.39 Å². The molecule has 2 N–H and O–H groups in total. The number of quaternary nitrogens is 1. The molecule has 2 aromatic rings. The summed E-state index contributed by atoms with van der Waals surface area (Å²) in [5.41, 5.74) is 1.71. The highest BCUT2D eigenvalue weighted by atomic mass is 35.5. The smallest absolute Gasteiger partial charge is 0.278 e. The normalized spacial score (nSPS) is 18.4. The number of hydrogen-bond acceptors (Lipinski definition) is 2. The van der Waals surface area contributed by atoms with Crippen molar-refractivity contribution in [3.8, 4) is 0 Å². The molecule has 0 saturated carbocycles. The van der Waals surface area contributed by atoms with Gasteiger partial charge in [0.1, 0.15) is 17.2 Å². The van der Waals surface area contributed by atoms with Crippen molar-refractivity contribution >= 4 is 29.3 Å². The molecule has 6 heteroatoms. The molecule has 25 heavy (non-hydrogen) atoms. The van der Waals surface area contributed by atoms with Gasteiger partial charge in [0.05, 0.1) is 0 Å². The first kappa shape index (κ1) is 18.2. The highest BCUT2D eigenvalue weighted by Crippen LogP contribution is 2.38. The number of thioether (sulfide) groups is 1. The molecule has 0 spiro atoms. The van der Waals surface area contributed by atoms with E-state index >= 15 is 0 Å². The molecule has 0 aromatic heterocycles. The molecule has 0 unspecified atom stereocenters. The monoisotopic (exact) mass is 379 g/mol. The molecule has 1 amide bonds. The molecule has 0 aliphatic carbocycles. The topological polar surface area (TPSA) is 36.9 Å². The van der Waals surface area contributed by atoms with E-state index in [-0.39, 0.29) is 23.1 Å². The standard InChI is InChI=1S/C19H20ClFN2OS/c1-13(14-6-8-15(20)9-7-14)22-12-18(24)23-10-11-25-19(23)16-4-2-3-5-17(16)21/h2-9,13,19,22H,10-12H2,1H3/p+1/t13-,19+/m1/s1. The maximum absolute atomic E-state index is 14.1. The first-order valence-corrected chi connectivity index (χ1v) is 9.73. The summed E-state index contributed by atoms with van der Waals surface area (Å²) in [6, 6.07) is 14.5. The predicted octanol–water partition coefficient (Wildman–Crippen LogP) is 3.38. The minimum Gasteiger partial charge on any atom is -0.333 e. The lowest BCUT2D eigenvalue weighted by molar-refractivity contribution is -0.683. The molecule has 0 radical (unpaired) electrons. The van der Waals surface area contributed by atoms with Crippen LogP contribution in [0.2, 0.25) is 5.02 Å². The molecule has 132 valence electrons. The second kappa shape index (κ2) is 8.21.